The van der Waals surface area contributed by atoms with Gasteiger partial charge in [-0.25, -0.2) is 4.68 Å². The van der Waals surface area contributed by atoms with Crippen LogP contribution in [0.4, 0.5) is 0 Å². The molecular formula is C10H10N2S. The highest BCUT2D eigenvalue weighted by Crippen LogP contribution is 2.13. The van der Waals surface area contributed by atoms with E-state index in [4.69, 9.17) is 0 Å². The maximum Gasteiger partial charge on any atom is 0.118 e. The van der Waals surface area contributed by atoms with Crippen molar-refractivity contribution in [1.29, 1.82) is 0 Å². The standard InChI is InChI=1S/C10H10N2S/c1-13-10-7-8-12(11-10)9-5-3-2-4-6-9/h2-8H,1H3. The van der Waals surface area contributed by atoms with E-state index in [1.165, 1.54) is 0 Å². The van der Waals surface area contributed by atoms with Crippen LogP contribution in [0.1, 0.15) is 0 Å². The molecule has 0 saturated heterocycles. The minimum atomic E-state index is 1.05. The van der Waals surface area contributed by atoms with Crippen LogP contribution in [0.3, 0.4) is 0 Å². The average molecular weight is 190 g/mol. The number of hydrogen-bond donors (Lipinski definition) is 0. The van der Waals surface area contributed by atoms with Crippen molar-refractivity contribution in [2.75, 3.05) is 6.26 Å². The van der Waals surface area contributed by atoms with Crippen LogP contribution >= 0.6 is 11.8 Å². The minimum absolute atomic E-state index is 1.05. The van der Waals surface area contributed by atoms with Crippen molar-refractivity contribution >= 4 is 11.8 Å². The molecule has 1 heterocycles. The Balaban J connectivity index is 2.36. The molecule has 0 N–H and O–H groups in total. The highest BCUT2D eigenvalue weighted by Gasteiger charge is 1.97. The Morgan fingerprint density at radius 1 is 1.15 bits per heavy atom. The van der Waals surface area contributed by atoms with Gasteiger partial charge in [0.2, 0.25) is 0 Å². The molecule has 0 unspecified atom stereocenters. The highest BCUT2D eigenvalue weighted by atomic mass is 32.2. The number of benzene rings is 1. The smallest absolute Gasteiger partial charge is 0.118 e. The van der Waals surface area contributed by atoms with Crippen LogP contribution in [-0.2, 0) is 0 Å². The molecule has 2 nitrogen and oxygen atoms in total. The SMILES string of the molecule is CSc1ccn(-c2ccccc2)n1. The van der Waals surface area contributed by atoms with Crippen LogP contribution in [0.25, 0.3) is 5.69 Å². The number of nitrogens with zero attached hydrogens (tertiary/aromatic N) is 2. The number of thioether (sulfide) groups is 1. The van der Waals surface area contributed by atoms with E-state index in [0.717, 1.165) is 10.7 Å². The van der Waals surface area contributed by atoms with Crippen molar-refractivity contribution in [2.24, 2.45) is 0 Å². The fraction of sp³-hybridized carbons (Fsp3) is 0.100. The molecule has 0 atom stereocenters. The lowest BCUT2D eigenvalue weighted by Gasteiger charge is -1.98. The topological polar surface area (TPSA) is 17.8 Å². The fourth-order valence-corrected chi connectivity index (χ4v) is 1.51. The van der Waals surface area contributed by atoms with E-state index < -0.39 is 0 Å². The third-order valence-electron chi connectivity index (χ3n) is 1.79. The summed E-state index contributed by atoms with van der Waals surface area (Å²) in [5.41, 5.74) is 1.10. The van der Waals surface area contributed by atoms with E-state index in [1.54, 1.807) is 11.8 Å². The Morgan fingerprint density at radius 2 is 1.92 bits per heavy atom. The Labute approximate surface area is 81.6 Å². The molecule has 1 aromatic carbocycles. The Hall–Kier alpha value is -1.22. The minimum Gasteiger partial charge on any atom is -0.240 e. The molecule has 0 spiro atoms. The summed E-state index contributed by atoms with van der Waals surface area (Å²) in [5.74, 6) is 0. The predicted octanol–water partition coefficient (Wildman–Crippen LogP) is 2.59. The fourth-order valence-electron chi connectivity index (χ4n) is 1.14. The van der Waals surface area contributed by atoms with Gasteiger partial charge in [0.1, 0.15) is 5.03 Å². The second-order valence-electron chi connectivity index (χ2n) is 2.64. The molecule has 0 bridgehead atoms. The molecule has 2 rings (SSSR count). The average Bonchev–Trinajstić information content (AvgIpc) is 2.67. The highest BCUT2D eigenvalue weighted by molar-refractivity contribution is 7.98. The molecule has 0 amide bonds. The van der Waals surface area contributed by atoms with Gasteiger partial charge in [0.05, 0.1) is 5.69 Å². The van der Waals surface area contributed by atoms with Crippen molar-refractivity contribution in [3.05, 3.63) is 42.6 Å². The molecule has 0 fully saturated rings. The summed E-state index contributed by atoms with van der Waals surface area (Å²) in [4.78, 5) is 0. The number of aromatic nitrogens is 2. The first-order chi connectivity index (χ1) is 6.40. The molecule has 0 aliphatic heterocycles. The summed E-state index contributed by atoms with van der Waals surface area (Å²) in [6.07, 6.45) is 4.00. The van der Waals surface area contributed by atoms with Crippen molar-refractivity contribution in [2.45, 2.75) is 5.03 Å². The molecule has 1 aromatic heterocycles. The van der Waals surface area contributed by atoms with E-state index >= 15 is 0 Å². The second kappa shape index (κ2) is 3.66. The van der Waals surface area contributed by atoms with Crippen molar-refractivity contribution in [3.8, 4) is 5.69 Å². The first-order valence-corrected chi connectivity index (χ1v) is 5.28. The van der Waals surface area contributed by atoms with Crippen LogP contribution < -0.4 is 0 Å². The molecule has 2 aromatic rings. The molecule has 0 radical (unpaired) electrons. The maximum absolute atomic E-state index is 4.38. The first kappa shape index (κ1) is 8.38. The number of para-hydroxylation sites is 1. The third kappa shape index (κ3) is 1.75. The Morgan fingerprint density at radius 3 is 2.54 bits per heavy atom. The van der Waals surface area contributed by atoms with Crippen LogP contribution in [0.2, 0.25) is 0 Å². The largest absolute Gasteiger partial charge is 0.240 e. The maximum atomic E-state index is 4.38. The van der Waals surface area contributed by atoms with E-state index in [2.05, 4.69) is 5.10 Å². The Kier molecular flexibility index (Phi) is 2.36. The van der Waals surface area contributed by atoms with E-state index in [0.29, 0.717) is 0 Å². The zero-order valence-corrected chi connectivity index (χ0v) is 8.16. The zero-order valence-electron chi connectivity index (χ0n) is 7.34. The molecule has 66 valence electrons. The summed E-state index contributed by atoms with van der Waals surface area (Å²) in [6, 6.07) is 12.1. The number of hydrogen-bond acceptors (Lipinski definition) is 2. The normalized spacial score (nSPS) is 10.2. The Bertz CT molecular complexity index is 381. The molecular weight excluding hydrogens is 180 g/mol. The summed E-state index contributed by atoms with van der Waals surface area (Å²) >= 11 is 1.65. The quantitative estimate of drug-likeness (QED) is 0.677. The molecule has 0 aliphatic carbocycles. The van der Waals surface area contributed by atoms with E-state index in [-0.39, 0.29) is 0 Å². The van der Waals surface area contributed by atoms with Gasteiger partial charge >= 0.3 is 0 Å². The van der Waals surface area contributed by atoms with Gasteiger partial charge in [-0.15, -0.1) is 11.8 Å². The molecule has 0 saturated carbocycles. The van der Waals surface area contributed by atoms with Gasteiger partial charge in [-0.2, -0.15) is 5.10 Å². The van der Waals surface area contributed by atoms with Crippen LogP contribution in [-0.4, -0.2) is 16.0 Å². The van der Waals surface area contributed by atoms with Crippen LogP contribution in [0, 0.1) is 0 Å². The van der Waals surface area contributed by atoms with Gasteiger partial charge in [-0.3, -0.25) is 0 Å². The van der Waals surface area contributed by atoms with Crippen LogP contribution in [0.5, 0.6) is 0 Å². The van der Waals surface area contributed by atoms with Gasteiger partial charge < -0.3 is 0 Å². The summed E-state index contributed by atoms with van der Waals surface area (Å²) in [7, 11) is 0. The predicted molar refractivity (Wildman–Crippen MR) is 55.3 cm³/mol. The van der Waals surface area contributed by atoms with Gasteiger partial charge in [0.15, 0.2) is 0 Å². The lowest BCUT2D eigenvalue weighted by atomic mass is 10.3. The summed E-state index contributed by atoms with van der Waals surface area (Å²) < 4.78 is 1.88. The van der Waals surface area contributed by atoms with Gasteiger partial charge in [0, 0.05) is 6.20 Å². The van der Waals surface area contributed by atoms with Crippen molar-refractivity contribution in [3.63, 3.8) is 0 Å². The molecule has 0 aliphatic rings. The lowest BCUT2D eigenvalue weighted by Crippen LogP contribution is -1.93. The zero-order chi connectivity index (χ0) is 9.10. The van der Waals surface area contributed by atoms with Crippen LogP contribution in [0.15, 0.2) is 47.6 Å². The summed E-state index contributed by atoms with van der Waals surface area (Å²) in [5, 5.41) is 5.42. The monoisotopic (exact) mass is 190 g/mol. The van der Waals surface area contributed by atoms with E-state index in [1.807, 2.05) is 53.5 Å². The van der Waals surface area contributed by atoms with Crippen molar-refractivity contribution in [1.82, 2.24) is 9.78 Å². The third-order valence-corrected chi connectivity index (χ3v) is 2.43. The van der Waals surface area contributed by atoms with E-state index in [9.17, 15) is 0 Å². The first-order valence-electron chi connectivity index (χ1n) is 4.05. The lowest BCUT2D eigenvalue weighted by molar-refractivity contribution is 0.838. The summed E-state index contributed by atoms with van der Waals surface area (Å²) in [6.45, 7) is 0. The van der Waals surface area contributed by atoms with Gasteiger partial charge in [-0.05, 0) is 24.5 Å². The molecule has 13 heavy (non-hydrogen) atoms. The van der Waals surface area contributed by atoms with Crippen molar-refractivity contribution < 1.29 is 0 Å². The second-order valence-corrected chi connectivity index (χ2v) is 3.46. The molecule has 3 heteroatoms. The van der Waals surface area contributed by atoms with Gasteiger partial charge in [0.25, 0.3) is 0 Å². The van der Waals surface area contributed by atoms with Gasteiger partial charge in [-0.1, -0.05) is 18.2 Å². The number of rotatable bonds is 2.